The average Bonchev–Trinajstić information content (AvgIpc) is 3.05. The van der Waals surface area contributed by atoms with Crippen molar-refractivity contribution >= 4 is 5.57 Å². The van der Waals surface area contributed by atoms with E-state index in [1.54, 1.807) is 0 Å². The van der Waals surface area contributed by atoms with Crippen molar-refractivity contribution < 1.29 is 4.74 Å². The number of fused-ring (bicyclic) bond motifs is 2. The Morgan fingerprint density at radius 1 is 0.972 bits per heavy atom. The molecule has 4 heteroatoms. The van der Waals surface area contributed by atoms with E-state index in [4.69, 9.17) is 4.74 Å². The third-order valence-corrected chi connectivity index (χ3v) is 8.12. The number of hydrogen-bond acceptors (Lipinski definition) is 4. The molecule has 0 N–H and O–H groups in total. The fraction of sp³-hybridized carbons (Fsp3) is 0.562. The van der Waals surface area contributed by atoms with Crippen LogP contribution in [0.2, 0.25) is 0 Å². The zero-order chi connectivity index (χ0) is 25.3. The quantitative estimate of drug-likeness (QED) is 0.388. The second-order valence-electron chi connectivity index (χ2n) is 10.8. The summed E-state index contributed by atoms with van der Waals surface area (Å²) in [6.45, 7) is 13.5. The molecule has 2 aliphatic heterocycles. The fourth-order valence-corrected chi connectivity index (χ4v) is 5.66. The summed E-state index contributed by atoms with van der Waals surface area (Å²) in [5.74, 6) is 1.92. The van der Waals surface area contributed by atoms with E-state index < -0.39 is 0 Å². The summed E-state index contributed by atoms with van der Waals surface area (Å²) in [5.41, 5.74) is 6.59. The van der Waals surface area contributed by atoms with Crippen molar-refractivity contribution in [2.45, 2.75) is 52.6 Å². The Balaban J connectivity index is 1.40. The first-order valence-corrected chi connectivity index (χ1v) is 14.2. The van der Waals surface area contributed by atoms with E-state index >= 15 is 0 Å². The van der Waals surface area contributed by atoms with E-state index in [0.717, 1.165) is 37.6 Å². The molecule has 4 nitrogen and oxygen atoms in total. The van der Waals surface area contributed by atoms with Crippen molar-refractivity contribution in [2.75, 3.05) is 59.9 Å². The smallest absolute Gasteiger partial charge is 0.127 e. The van der Waals surface area contributed by atoms with Crippen LogP contribution >= 0.6 is 0 Å². The van der Waals surface area contributed by atoms with Crippen molar-refractivity contribution in [1.82, 2.24) is 14.7 Å². The van der Waals surface area contributed by atoms with Crippen molar-refractivity contribution in [3.05, 3.63) is 70.8 Å². The largest absolute Gasteiger partial charge is 0.488 e. The monoisotopic (exact) mass is 489 g/mol. The van der Waals surface area contributed by atoms with E-state index in [1.807, 2.05) is 0 Å². The maximum absolute atomic E-state index is 6.28. The third kappa shape index (κ3) is 7.21. The number of nitrogens with zero attached hydrogens (tertiary/aromatic N) is 3. The molecule has 2 heterocycles. The summed E-state index contributed by atoms with van der Waals surface area (Å²) in [4.78, 5) is 7.50. The Bertz CT molecular complexity index is 987. The number of hydrogen-bond donors (Lipinski definition) is 0. The van der Waals surface area contributed by atoms with Crippen molar-refractivity contribution in [2.24, 2.45) is 5.92 Å². The van der Waals surface area contributed by atoms with Gasteiger partial charge in [-0.15, -0.1) is 0 Å². The van der Waals surface area contributed by atoms with Crippen molar-refractivity contribution in [1.29, 1.82) is 0 Å². The van der Waals surface area contributed by atoms with Crippen LogP contribution in [-0.4, -0.2) is 74.6 Å². The topological polar surface area (TPSA) is 19.0 Å². The molecule has 0 radical (unpaired) electrons. The molecule has 1 fully saturated rings. The van der Waals surface area contributed by atoms with Crippen molar-refractivity contribution in [3.63, 3.8) is 0 Å². The highest BCUT2D eigenvalue weighted by molar-refractivity contribution is 5.85. The number of piperidine rings is 1. The molecule has 2 aliphatic rings. The van der Waals surface area contributed by atoms with Gasteiger partial charge in [-0.1, -0.05) is 50.3 Å². The molecule has 0 aliphatic carbocycles. The predicted molar refractivity (Wildman–Crippen MR) is 153 cm³/mol. The van der Waals surface area contributed by atoms with Crippen LogP contribution in [0.15, 0.2) is 48.5 Å². The molecule has 36 heavy (non-hydrogen) atoms. The van der Waals surface area contributed by atoms with Crippen LogP contribution in [0.4, 0.5) is 0 Å². The minimum absolute atomic E-state index is 0.636. The molecule has 196 valence electrons. The zero-order valence-electron chi connectivity index (χ0n) is 23.1. The summed E-state index contributed by atoms with van der Waals surface area (Å²) in [7, 11) is 4.28. The van der Waals surface area contributed by atoms with Gasteiger partial charge < -0.3 is 19.4 Å². The Kier molecular flexibility index (Phi) is 10.0. The molecule has 0 atom stereocenters. The van der Waals surface area contributed by atoms with Crippen LogP contribution in [0.3, 0.4) is 0 Å². The van der Waals surface area contributed by atoms with E-state index in [0.29, 0.717) is 6.61 Å². The van der Waals surface area contributed by atoms with E-state index in [1.165, 1.54) is 79.8 Å². The molecule has 0 amide bonds. The minimum Gasteiger partial charge on any atom is -0.488 e. The molecule has 2 aromatic carbocycles. The van der Waals surface area contributed by atoms with Gasteiger partial charge in [0, 0.05) is 18.7 Å². The van der Waals surface area contributed by atoms with Crippen LogP contribution in [-0.2, 0) is 13.0 Å². The van der Waals surface area contributed by atoms with Gasteiger partial charge in [-0.05, 0) is 119 Å². The molecular formula is C32H47N3O. The minimum atomic E-state index is 0.636. The number of rotatable bonds is 11. The predicted octanol–water partition coefficient (Wildman–Crippen LogP) is 5.95. The first-order valence-electron chi connectivity index (χ1n) is 14.2. The lowest BCUT2D eigenvalue weighted by molar-refractivity contribution is 0.167. The van der Waals surface area contributed by atoms with Crippen LogP contribution in [0.5, 0.6) is 5.75 Å². The highest BCUT2D eigenvalue weighted by Gasteiger charge is 2.21. The van der Waals surface area contributed by atoms with Crippen LogP contribution < -0.4 is 4.74 Å². The maximum atomic E-state index is 6.28. The van der Waals surface area contributed by atoms with Gasteiger partial charge in [0.25, 0.3) is 0 Å². The van der Waals surface area contributed by atoms with Crippen molar-refractivity contribution in [3.8, 4) is 5.75 Å². The molecule has 2 aromatic rings. The normalized spacial score (nSPS) is 17.8. The Morgan fingerprint density at radius 3 is 2.50 bits per heavy atom. The Labute approximate surface area is 219 Å². The lowest BCUT2D eigenvalue weighted by atomic mass is 9.91. The lowest BCUT2D eigenvalue weighted by Gasteiger charge is -2.33. The molecular weight excluding hydrogens is 442 g/mol. The van der Waals surface area contributed by atoms with Gasteiger partial charge in [0.05, 0.1) is 0 Å². The summed E-state index contributed by atoms with van der Waals surface area (Å²) in [6.07, 6.45) is 8.63. The number of benzene rings is 2. The molecule has 0 saturated carbocycles. The zero-order valence-corrected chi connectivity index (χ0v) is 23.1. The molecule has 4 rings (SSSR count). The number of likely N-dealkylation sites (tertiary alicyclic amines) is 1. The number of ether oxygens (including phenoxy) is 1. The Morgan fingerprint density at radius 2 is 1.75 bits per heavy atom. The Hall–Kier alpha value is -2.14. The van der Waals surface area contributed by atoms with Crippen LogP contribution in [0.25, 0.3) is 5.57 Å². The maximum Gasteiger partial charge on any atom is 0.127 e. The highest BCUT2D eigenvalue weighted by Crippen LogP contribution is 2.37. The molecule has 0 aromatic heterocycles. The van der Waals surface area contributed by atoms with Gasteiger partial charge in [-0.2, -0.15) is 0 Å². The summed E-state index contributed by atoms with van der Waals surface area (Å²) in [6, 6.07) is 15.6. The average molecular weight is 490 g/mol. The third-order valence-electron chi connectivity index (χ3n) is 8.12. The molecule has 0 spiro atoms. The van der Waals surface area contributed by atoms with E-state index in [-0.39, 0.29) is 0 Å². The summed E-state index contributed by atoms with van der Waals surface area (Å²) < 4.78 is 6.28. The first kappa shape index (κ1) is 26.9. The van der Waals surface area contributed by atoms with Gasteiger partial charge in [-0.3, -0.25) is 0 Å². The van der Waals surface area contributed by atoms with Crippen LogP contribution in [0, 0.1) is 5.92 Å². The molecule has 0 unspecified atom stereocenters. The standard InChI is InChI=1S/C32H47N3O/c1-5-34(6-2)20-15-26-16-21-35(22-17-26)23-18-27-13-14-32-31(24-27)30(12-9-19-33(3)4)29-11-8-7-10-28(29)25-36-32/h7-8,10-14,24,26H,5-6,9,15-23,25H2,1-4H3. The fourth-order valence-electron chi connectivity index (χ4n) is 5.66. The van der Waals surface area contributed by atoms with Gasteiger partial charge in [0.1, 0.15) is 12.4 Å². The van der Waals surface area contributed by atoms with Gasteiger partial charge >= 0.3 is 0 Å². The van der Waals surface area contributed by atoms with Gasteiger partial charge in [0.15, 0.2) is 0 Å². The summed E-state index contributed by atoms with van der Waals surface area (Å²) in [5, 5.41) is 0. The summed E-state index contributed by atoms with van der Waals surface area (Å²) >= 11 is 0. The highest BCUT2D eigenvalue weighted by atomic mass is 16.5. The molecule has 1 saturated heterocycles. The SMILES string of the molecule is CCN(CC)CCC1CCN(CCc2ccc3c(c2)C(=CCCN(C)C)c2ccccc2CO3)CC1. The second-order valence-corrected chi connectivity index (χ2v) is 10.8. The first-order chi connectivity index (χ1) is 17.6. The molecule has 0 bridgehead atoms. The van der Waals surface area contributed by atoms with Gasteiger partial charge in [-0.25, -0.2) is 0 Å². The van der Waals surface area contributed by atoms with Gasteiger partial charge in [0.2, 0.25) is 0 Å². The van der Waals surface area contributed by atoms with E-state index in [2.05, 4.69) is 91.2 Å². The lowest BCUT2D eigenvalue weighted by Crippen LogP contribution is -2.36. The van der Waals surface area contributed by atoms with Crippen LogP contribution in [0.1, 0.15) is 61.8 Å². The van der Waals surface area contributed by atoms with E-state index in [9.17, 15) is 0 Å². The second kappa shape index (κ2) is 13.4.